The molecule has 0 aliphatic carbocycles. The standard InChI is InChI=1S/C14H21BrN3/c1-17(2)8-10-18(3)9-7-11-12(14(18)16)5-4-6-13(11)15/h4-7,9,14H,8,10,16H2,1-3H3/q+1. The van der Waals surface area contributed by atoms with E-state index < -0.39 is 0 Å². The number of nitrogens with zero attached hydrogens (tertiary/aromatic N) is 2. The lowest BCUT2D eigenvalue weighted by molar-refractivity contribution is -0.890. The number of rotatable bonds is 3. The van der Waals surface area contributed by atoms with E-state index in [1.165, 1.54) is 11.1 Å². The fourth-order valence-electron chi connectivity index (χ4n) is 2.27. The number of benzene rings is 1. The van der Waals surface area contributed by atoms with Crippen molar-refractivity contribution in [2.75, 3.05) is 34.2 Å². The van der Waals surface area contributed by atoms with E-state index >= 15 is 0 Å². The lowest BCUT2D eigenvalue weighted by atomic mass is 10.00. The highest BCUT2D eigenvalue weighted by Gasteiger charge is 2.33. The summed E-state index contributed by atoms with van der Waals surface area (Å²) in [4.78, 5) is 2.19. The summed E-state index contributed by atoms with van der Waals surface area (Å²) in [5.74, 6) is 0. The van der Waals surface area contributed by atoms with Crippen LogP contribution in [0.4, 0.5) is 0 Å². The van der Waals surface area contributed by atoms with Crippen molar-refractivity contribution in [2.24, 2.45) is 5.73 Å². The molecule has 1 heterocycles. The first-order valence-electron chi connectivity index (χ1n) is 6.17. The third-order valence-corrected chi connectivity index (χ3v) is 4.34. The molecule has 3 nitrogen and oxygen atoms in total. The van der Waals surface area contributed by atoms with Gasteiger partial charge in [-0.15, -0.1) is 0 Å². The number of nitrogens with two attached hydrogens (primary N) is 1. The zero-order valence-corrected chi connectivity index (χ0v) is 12.8. The van der Waals surface area contributed by atoms with Crippen molar-refractivity contribution in [3.8, 4) is 0 Å². The lowest BCUT2D eigenvalue weighted by Crippen LogP contribution is -2.50. The largest absolute Gasteiger partial charge is 0.304 e. The van der Waals surface area contributed by atoms with Crippen molar-refractivity contribution in [1.82, 2.24) is 4.90 Å². The van der Waals surface area contributed by atoms with Gasteiger partial charge in [-0.05, 0) is 20.2 Å². The molecule has 2 atom stereocenters. The minimum absolute atomic E-state index is 0.00227. The fraction of sp³-hybridized carbons (Fsp3) is 0.429. The van der Waals surface area contributed by atoms with E-state index in [2.05, 4.69) is 72.4 Å². The molecule has 0 aromatic heterocycles. The molecule has 0 radical (unpaired) electrons. The van der Waals surface area contributed by atoms with Crippen molar-refractivity contribution in [1.29, 1.82) is 0 Å². The van der Waals surface area contributed by atoms with Crippen LogP contribution in [0.15, 0.2) is 28.9 Å². The van der Waals surface area contributed by atoms with Gasteiger partial charge in [0.25, 0.3) is 0 Å². The summed E-state index contributed by atoms with van der Waals surface area (Å²) in [6, 6.07) is 6.24. The second-order valence-electron chi connectivity index (χ2n) is 5.38. The molecule has 0 bridgehead atoms. The number of fused-ring (bicyclic) bond motifs is 1. The highest BCUT2D eigenvalue weighted by atomic mass is 79.9. The maximum Gasteiger partial charge on any atom is 0.171 e. The molecule has 0 amide bonds. The van der Waals surface area contributed by atoms with Crippen LogP contribution in [0.1, 0.15) is 17.3 Å². The molecule has 4 heteroatoms. The summed E-state index contributed by atoms with van der Waals surface area (Å²) < 4.78 is 1.87. The molecule has 0 saturated heterocycles. The molecule has 98 valence electrons. The molecule has 2 rings (SSSR count). The Morgan fingerprint density at radius 2 is 2.11 bits per heavy atom. The van der Waals surface area contributed by atoms with Gasteiger partial charge in [0, 0.05) is 28.2 Å². The van der Waals surface area contributed by atoms with Crippen molar-refractivity contribution in [3.63, 3.8) is 0 Å². The van der Waals surface area contributed by atoms with E-state index in [-0.39, 0.29) is 6.17 Å². The second-order valence-corrected chi connectivity index (χ2v) is 6.23. The monoisotopic (exact) mass is 310 g/mol. The highest BCUT2D eigenvalue weighted by Crippen LogP contribution is 2.35. The van der Waals surface area contributed by atoms with Crippen LogP contribution in [0.5, 0.6) is 0 Å². The zero-order valence-electron chi connectivity index (χ0n) is 11.2. The van der Waals surface area contributed by atoms with E-state index in [0.717, 1.165) is 22.0 Å². The third-order valence-electron chi connectivity index (χ3n) is 3.65. The van der Waals surface area contributed by atoms with Crippen molar-refractivity contribution in [2.45, 2.75) is 6.17 Å². The number of likely N-dealkylation sites (N-methyl/N-ethyl adjacent to an activating group) is 2. The Bertz CT molecular complexity index is 470. The van der Waals surface area contributed by atoms with Crippen LogP contribution in [-0.4, -0.2) is 43.6 Å². The molecular weight excluding hydrogens is 290 g/mol. The van der Waals surface area contributed by atoms with E-state index in [0.29, 0.717) is 0 Å². The van der Waals surface area contributed by atoms with E-state index in [1.807, 2.05) is 0 Å². The van der Waals surface area contributed by atoms with Gasteiger partial charge in [0.2, 0.25) is 0 Å². The first kappa shape index (κ1) is 13.7. The summed E-state index contributed by atoms with van der Waals surface area (Å²) in [6.45, 7) is 2.04. The van der Waals surface area contributed by atoms with Crippen LogP contribution in [0.2, 0.25) is 0 Å². The van der Waals surface area contributed by atoms with E-state index in [9.17, 15) is 0 Å². The molecule has 1 aromatic carbocycles. The average molecular weight is 311 g/mol. The normalized spacial score (nSPS) is 26.4. The van der Waals surface area contributed by atoms with Crippen LogP contribution in [0.3, 0.4) is 0 Å². The first-order chi connectivity index (χ1) is 8.44. The Morgan fingerprint density at radius 3 is 2.78 bits per heavy atom. The second kappa shape index (κ2) is 5.13. The fourth-order valence-corrected chi connectivity index (χ4v) is 2.79. The van der Waals surface area contributed by atoms with Crippen molar-refractivity contribution in [3.05, 3.63) is 40.0 Å². The molecule has 1 aromatic rings. The van der Waals surface area contributed by atoms with Gasteiger partial charge in [0.05, 0.1) is 19.8 Å². The summed E-state index contributed by atoms with van der Waals surface area (Å²) in [6.07, 6.45) is 4.39. The van der Waals surface area contributed by atoms with Crippen molar-refractivity contribution < 1.29 is 4.48 Å². The third kappa shape index (κ3) is 2.52. The van der Waals surface area contributed by atoms with Crippen LogP contribution in [0.25, 0.3) is 6.08 Å². The molecule has 1 aliphatic rings. The van der Waals surface area contributed by atoms with Crippen LogP contribution in [-0.2, 0) is 0 Å². The van der Waals surface area contributed by atoms with Crippen molar-refractivity contribution >= 4 is 22.0 Å². The maximum atomic E-state index is 6.46. The molecule has 2 N–H and O–H groups in total. The van der Waals surface area contributed by atoms with Gasteiger partial charge < -0.3 is 4.90 Å². The molecule has 0 fully saturated rings. The Kier molecular flexibility index (Phi) is 3.92. The Balaban J connectivity index is 2.30. The molecule has 0 spiro atoms. The minimum Gasteiger partial charge on any atom is -0.304 e. The Morgan fingerprint density at radius 1 is 1.39 bits per heavy atom. The van der Waals surface area contributed by atoms with Gasteiger partial charge in [-0.3, -0.25) is 10.2 Å². The quantitative estimate of drug-likeness (QED) is 0.869. The van der Waals surface area contributed by atoms with Gasteiger partial charge >= 0.3 is 0 Å². The van der Waals surface area contributed by atoms with Crippen LogP contribution >= 0.6 is 15.9 Å². The summed E-state index contributed by atoms with van der Waals surface area (Å²) in [7, 11) is 6.38. The van der Waals surface area contributed by atoms with Crippen LogP contribution in [0, 0.1) is 0 Å². The predicted octanol–water partition coefficient (Wildman–Crippen LogP) is 2.40. The average Bonchev–Trinajstić information content (AvgIpc) is 2.33. The van der Waals surface area contributed by atoms with Gasteiger partial charge in [-0.1, -0.05) is 28.1 Å². The van der Waals surface area contributed by atoms with Gasteiger partial charge in [0.1, 0.15) is 0 Å². The number of quaternary nitrogens is 1. The summed E-state index contributed by atoms with van der Waals surface area (Å²) >= 11 is 3.59. The van der Waals surface area contributed by atoms with E-state index in [4.69, 9.17) is 5.73 Å². The SMILES string of the molecule is CN(C)CC[N+]1(C)C=Cc2c(Br)cccc2C1N. The van der Waals surface area contributed by atoms with Gasteiger partial charge in [-0.2, -0.15) is 0 Å². The number of halogens is 1. The zero-order chi connectivity index (χ0) is 13.3. The smallest absolute Gasteiger partial charge is 0.171 e. The van der Waals surface area contributed by atoms with E-state index in [1.54, 1.807) is 0 Å². The number of hydrogen-bond acceptors (Lipinski definition) is 2. The van der Waals surface area contributed by atoms with Crippen LogP contribution < -0.4 is 5.73 Å². The summed E-state index contributed by atoms with van der Waals surface area (Å²) in [5.41, 5.74) is 8.89. The molecule has 2 unspecified atom stereocenters. The molecule has 0 saturated carbocycles. The first-order valence-corrected chi connectivity index (χ1v) is 6.96. The van der Waals surface area contributed by atoms with Gasteiger partial charge in [-0.25, -0.2) is 0 Å². The maximum absolute atomic E-state index is 6.46. The Hall–Kier alpha value is -0.680. The molecule has 1 aliphatic heterocycles. The Labute approximate surface area is 118 Å². The highest BCUT2D eigenvalue weighted by molar-refractivity contribution is 9.10. The summed E-state index contributed by atoms with van der Waals surface area (Å²) in [5, 5.41) is 0. The molecular formula is C14H21BrN3+. The minimum atomic E-state index is 0.00227. The lowest BCUT2D eigenvalue weighted by Gasteiger charge is -2.40. The molecule has 18 heavy (non-hydrogen) atoms. The van der Waals surface area contributed by atoms with Gasteiger partial charge in [0.15, 0.2) is 6.17 Å². The predicted molar refractivity (Wildman–Crippen MR) is 79.7 cm³/mol. The number of hydrogen-bond donors (Lipinski definition) is 1. The topological polar surface area (TPSA) is 29.3 Å².